The normalized spacial score (nSPS) is 16.2. The first-order valence-corrected chi connectivity index (χ1v) is 8.22. The van der Waals surface area contributed by atoms with E-state index in [1.807, 2.05) is 0 Å². The van der Waals surface area contributed by atoms with Crippen LogP contribution in [0.15, 0.2) is 18.3 Å². The van der Waals surface area contributed by atoms with Gasteiger partial charge < -0.3 is 14.8 Å². The van der Waals surface area contributed by atoms with E-state index in [0.29, 0.717) is 17.9 Å². The maximum Gasteiger partial charge on any atom is 0.286 e. The number of fused-ring (bicyclic) bond motifs is 1. The number of quaternary nitrogens is 1. The van der Waals surface area contributed by atoms with Crippen molar-refractivity contribution < 1.29 is 19.7 Å². The smallest absolute Gasteiger partial charge is 0.286 e. The first kappa shape index (κ1) is 16.4. The maximum absolute atomic E-state index is 11.0. The molecular formula is C16H20N4O4. The van der Waals surface area contributed by atoms with Gasteiger partial charge in [0.25, 0.3) is 5.69 Å². The number of aliphatic carboxylic acids is 1. The van der Waals surface area contributed by atoms with E-state index in [1.165, 1.54) is 30.0 Å². The second kappa shape index (κ2) is 6.96. The lowest BCUT2D eigenvalue weighted by Gasteiger charge is -2.17. The molecule has 0 radical (unpaired) electrons. The fourth-order valence-electron chi connectivity index (χ4n) is 3.35. The molecule has 1 N–H and O–H groups in total. The SMILES string of the molecule is O=C([O-])Cc1nc2ccc([N+](=O)[O-])cn2c1C[NH+]1CCCCCC1. The average Bonchev–Trinajstić information content (AvgIpc) is 2.71. The van der Waals surface area contributed by atoms with E-state index >= 15 is 0 Å². The van der Waals surface area contributed by atoms with Crippen LogP contribution in [0.4, 0.5) is 5.69 Å². The third-order valence-electron chi connectivity index (χ3n) is 4.54. The number of pyridine rings is 1. The van der Waals surface area contributed by atoms with Gasteiger partial charge in [-0.1, -0.05) is 0 Å². The number of nitro groups is 1. The predicted octanol–water partition coefficient (Wildman–Crippen LogP) is -0.506. The molecule has 1 fully saturated rings. The Hall–Kier alpha value is -2.48. The Morgan fingerprint density at radius 3 is 2.58 bits per heavy atom. The van der Waals surface area contributed by atoms with Crippen molar-refractivity contribution in [2.75, 3.05) is 13.1 Å². The highest BCUT2D eigenvalue weighted by Gasteiger charge is 2.21. The summed E-state index contributed by atoms with van der Waals surface area (Å²) in [5, 5.41) is 22.1. The Morgan fingerprint density at radius 1 is 1.25 bits per heavy atom. The lowest BCUT2D eigenvalue weighted by Crippen LogP contribution is -3.10. The summed E-state index contributed by atoms with van der Waals surface area (Å²) in [6.07, 6.45) is 5.86. The first-order valence-electron chi connectivity index (χ1n) is 8.22. The molecular weight excluding hydrogens is 312 g/mol. The molecule has 1 aliphatic heterocycles. The topological polar surface area (TPSA) is 105 Å². The van der Waals surface area contributed by atoms with Gasteiger partial charge in [-0.2, -0.15) is 0 Å². The van der Waals surface area contributed by atoms with Gasteiger partial charge in [0.05, 0.1) is 29.9 Å². The minimum absolute atomic E-state index is 0.0352. The van der Waals surface area contributed by atoms with E-state index in [9.17, 15) is 20.0 Å². The van der Waals surface area contributed by atoms with Crippen LogP contribution in [0, 0.1) is 10.1 Å². The van der Waals surface area contributed by atoms with Crippen LogP contribution in [0.1, 0.15) is 37.1 Å². The molecule has 3 rings (SSSR count). The zero-order valence-corrected chi connectivity index (χ0v) is 13.4. The number of carboxylic acid groups (broad SMARTS) is 1. The number of hydrogen-bond acceptors (Lipinski definition) is 5. The number of aromatic nitrogens is 2. The molecule has 3 heterocycles. The van der Waals surface area contributed by atoms with Crippen molar-refractivity contribution in [3.63, 3.8) is 0 Å². The molecule has 24 heavy (non-hydrogen) atoms. The van der Waals surface area contributed by atoms with Crippen molar-refractivity contribution in [1.29, 1.82) is 0 Å². The summed E-state index contributed by atoms with van der Waals surface area (Å²) >= 11 is 0. The number of likely N-dealkylation sites (tertiary alicyclic amines) is 1. The van der Waals surface area contributed by atoms with Crippen molar-refractivity contribution in [2.45, 2.75) is 38.6 Å². The summed E-state index contributed by atoms with van der Waals surface area (Å²) in [7, 11) is 0. The van der Waals surface area contributed by atoms with Crippen LogP contribution in [0.5, 0.6) is 0 Å². The summed E-state index contributed by atoms with van der Waals surface area (Å²) in [5.74, 6) is -1.19. The molecule has 0 bridgehead atoms. The van der Waals surface area contributed by atoms with E-state index in [2.05, 4.69) is 4.98 Å². The summed E-state index contributed by atoms with van der Waals surface area (Å²) in [6.45, 7) is 2.66. The van der Waals surface area contributed by atoms with Gasteiger partial charge in [-0.15, -0.1) is 0 Å². The number of nitrogens with one attached hydrogen (secondary N) is 1. The third kappa shape index (κ3) is 3.53. The zero-order valence-electron chi connectivity index (χ0n) is 13.4. The highest BCUT2D eigenvalue weighted by atomic mass is 16.6. The van der Waals surface area contributed by atoms with Gasteiger partial charge in [0, 0.05) is 18.5 Å². The minimum atomic E-state index is -1.19. The van der Waals surface area contributed by atoms with Crippen LogP contribution in [0.3, 0.4) is 0 Å². The minimum Gasteiger partial charge on any atom is -0.550 e. The second-order valence-electron chi connectivity index (χ2n) is 6.27. The molecule has 2 aromatic heterocycles. The zero-order chi connectivity index (χ0) is 17.1. The Kier molecular flexibility index (Phi) is 4.75. The van der Waals surface area contributed by atoms with E-state index in [1.54, 1.807) is 10.5 Å². The number of imidazole rings is 1. The Labute approximate surface area is 138 Å². The molecule has 0 unspecified atom stereocenters. The fraction of sp³-hybridized carbons (Fsp3) is 0.500. The lowest BCUT2D eigenvalue weighted by atomic mass is 10.2. The van der Waals surface area contributed by atoms with Crippen molar-refractivity contribution >= 4 is 17.3 Å². The molecule has 0 saturated carbocycles. The molecule has 0 atom stereocenters. The van der Waals surface area contributed by atoms with E-state index < -0.39 is 10.9 Å². The molecule has 0 aromatic carbocycles. The molecule has 0 spiro atoms. The monoisotopic (exact) mass is 332 g/mol. The summed E-state index contributed by atoms with van der Waals surface area (Å²) in [5.41, 5.74) is 1.66. The van der Waals surface area contributed by atoms with Gasteiger partial charge in [0.1, 0.15) is 17.9 Å². The summed E-state index contributed by atoms with van der Waals surface area (Å²) in [4.78, 5) is 27.3. The highest BCUT2D eigenvalue weighted by Crippen LogP contribution is 2.18. The molecule has 2 aromatic rings. The highest BCUT2D eigenvalue weighted by molar-refractivity contribution is 5.68. The number of carbonyl (C=O) groups excluding carboxylic acids is 1. The largest absolute Gasteiger partial charge is 0.550 e. The molecule has 1 aliphatic rings. The van der Waals surface area contributed by atoms with Gasteiger partial charge in [0.2, 0.25) is 0 Å². The van der Waals surface area contributed by atoms with Gasteiger partial charge in [0.15, 0.2) is 0 Å². The number of rotatable bonds is 5. The average molecular weight is 332 g/mol. The standard InChI is InChI=1S/C16H20N4O4/c21-16(22)9-13-14(11-18-7-3-1-2-4-8-18)19-10-12(20(23)24)5-6-15(19)17-13/h5-6,10H,1-4,7-9,11H2,(H,21,22). The van der Waals surface area contributed by atoms with Gasteiger partial charge in [-0.3, -0.25) is 14.5 Å². The Balaban J connectivity index is 2.01. The van der Waals surface area contributed by atoms with Crippen molar-refractivity contribution in [1.82, 2.24) is 9.38 Å². The van der Waals surface area contributed by atoms with Crippen LogP contribution < -0.4 is 10.0 Å². The lowest BCUT2D eigenvalue weighted by molar-refractivity contribution is -0.913. The number of carbonyl (C=O) groups is 1. The first-order chi connectivity index (χ1) is 11.5. The van der Waals surface area contributed by atoms with Crippen molar-refractivity contribution in [3.8, 4) is 0 Å². The van der Waals surface area contributed by atoms with Crippen LogP contribution >= 0.6 is 0 Å². The number of carboxylic acids is 1. The van der Waals surface area contributed by atoms with Gasteiger partial charge in [-0.25, -0.2) is 4.98 Å². The van der Waals surface area contributed by atoms with Crippen LogP contribution in [-0.2, 0) is 17.8 Å². The fourth-order valence-corrected chi connectivity index (χ4v) is 3.35. The molecule has 0 amide bonds. The van der Waals surface area contributed by atoms with Crippen molar-refractivity contribution in [3.05, 3.63) is 39.8 Å². The second-order valence-corrected chi connectivity index (χ2v) is 6.27. The van der Waals surface area contributed by atoms with Gasteiger partial charge >= 0.3 is 0 Å². The van der Waals surface area contributed by atoms with Crippen LogP contribution in [0.25, 0.3) is 5.65 Å². The number of hydrogen-bond donors (Lipinski definition) is 1. The van der Waals surface area contributed by atoms with Crippen LogP contribution in [-0.4, -0.2) is 33.4 Å². The third-order valence-corrected chi connectivity index (χ3v) is 4.54. The quantitative estimate of drug-likeness (QED) is 0.587. The van der Waals surface area contributed by atoms with Crippen molar-refractivity contribution in [2.24, 2.45) is 0 Å². The molecule has 8 nitrogen and oxygen atoms in total. The van der Waals surface area contributed by atoms with E-state index in [0.717, 1.165) is 31.6 Å². The number of nitrogens with zero attached hydrogens (tertiary/aromatic N) is 3. The Morgan fingerprint density at radius 2 is 1.96 bits per heavy atom. The molecule has 8 heteroatoms. The molecule has 1 saturated heterocycles. The Bertz CT molecular complexity index is 763. The van der Waals surface area contributed by atoms with Gasteiger partial charge in [-0.05, 0) is 31.7 Å². The van der Waals surface area contributed by atoms with Crippen LogP contribution in [0.2, 0.25) is 0 Å². The summed E-state index contributed by atoms with van der Waals surface area (Å²) < 4.78 is 1.66. The predicted molar refractivity (Wildman–Crippen MR) is 83.4 cm³/mol. The maximum atomic E-state index is 11.0. The molecule has 128 valence electrons. The van der Waals surface area contributed by atoms with E-state index in [4.69, 9.17) is 0 Å². The summed E-state index contributed by atoms with van der Waals surface area (Å²) in [6, 6.07) is 2.94. The van der Waals surface area contributed by atoms with E-state index in [-0.39, 0.29) is 12.1 Å². The molecule has 0 aliphatic carbocycles.